The molecule has 23 heavy (non-hydrogen) atoms. The van der Waals surface area contributed by atoms with Gasteiger partial charge in [0.2, 0.25) is 0 Å². The highest BCUT2D eigenvalue weighted by Gasteiger charge is 2.24. The van der Waals surface area contributed by atoms with Crippen molar-refractivity contribution < 1.29 is 13.6 Å². The fraction of sp³-hybridized carbons (Fsp3) is 0.353. The number of piperidine rings is 1. The van der Waals surface area contributed by atoms with Crippen molar-refractivity contribution in [2.24, 2.45) is 5.92 Å². The number of carbonyl (C=O) groups is 1. The number of halogens is 2. The van der Waals surface area contributed by atoms with E-state index >= 15 is 0 Å². The Morgan fingerprint density at radius 1 is 1.30 bits per heavy atom. The van der Waals surface area contributed by atoms with Crippen molar-refractivity contribution >= 4 is 18.3 Å². The lowest BCUT2D eigenvalue weighted by Gasteiger charge is -2.29. The van der Waals surface area contributed by atoms with Gasteiger partial charge < -0.3 is 15.1 Å². The average molecular weight is 339 g/mol. The first-order chi connectivity index (χ1) is 10.6. The van der Waals surface area contributed by atoms with Gasteiger partial charge in [-0.3, -0.25) is 4.79 Å². The second kappa shape index (κ2) is 7.62. The molecule has 2 unspecified atom stereocenters. The molecule has 0 bridgehead atoms. The Hall–Kier alpha value is -1.85. The fourth-order valence-electron chi connectivity index (χ4n) is 2.73. The average Bonchev–Trinajstić information content (AvgIpc) is 3.00. The number of nitrogens with one attached hydrogen (secondary N) is 2. The highest BCUT2D eigenvalue weighted by Crippen LogP contribution is 2.25. The van der Waals surface area contributed by atoms with Crippen molar-refractivity contribution in [2.45, 2.75) is 19.4 Å². The van der Waals surface area contributed by atoms with Crippen LogP contribution >= 0.6 is 12.4 Å². The van der Waals surface area contributed by atoms with Crippen molar-refractivity contribution in [3.05, 3.63) is 48.0 Å². The molecule has 2 atom stereocenters. The Morgan fingerprint density at radius 2 is 2.09 bits per heavy atom. The summed E-state index contributed by atoms with van der Waals surface area (Å²) < 4.78 is 19.3. The van der Waals surface area contributed by atoms with Crippen LogP contribution in [0.3, 0.4) is 0 Å². The van der Waals surface area contributed by atoms with Crippen LogP contribution in [0.5, 0.6) is 0 Å². The summed E-state index contributed by atoms with van der Waals surface area (Å²) in [4.78, 5) is 12.3. The van der Waals surface area contributed by atoms with Crippen LogP contribution in [0.15, 0.2) is 40.8 Å². The lowest BCUT2D eigenvalue weighted by atomic mass is 9.95. The van der Waals surface area contributed by atoms with Crippen LogP contribution in [0.25, 0.3) is 11.3 Å². The van der Waals surface area contributed by atoms with E-state index in [1.165, 1.54) is 6.07 Å². The summed E-state index contributed by atoms with van der Waals surface area (Å²) in [5.41, 5.74) is 0.358. The van der Waals surface area contributed by atoms with Crippen LogP contribution in [0.1, 0.15) is 23.9 Å². The molecule has 1 fully saturated rings. The number of carbonyl (C=O) groups excluding carboxylic acids is 1. The van der Waals surface area contributed by atoms with E-state index in [1.54, 1.807) is 30.3 Å². The van der Waals surface area contributed by atoms with Gasteiger partial charge in [0.1, 0.15) is 11.6 Å². The Kier molecular flexibility index (Phi) is 5.80. The molecule has 124 valence electrons. The minimum Gasteiger partial charge on any atom is -0.451 e. The molecule has 4 nitrogen and oxygen atoms in total. The molecule has 1 aromatic carbocycles. The van der Waals surface area contributed by atoms with Gasteiger partial charge in [-0.05, 0) is 49.7 Å². The second-order valence-electron chi connectivity index (χ2n) is 5.69. The largest absolute Gasteiger partial charge is 0.451 e. The number of furan rings is 1. The summed E-state index contributed by atoms with van der Waals surface area (Å²) in [6.45, 7) is 3.89. The number of benzene rings is 1. The first kappa shape index (κ1) is 17.5. The normalized spacial score (nSPS) is 20.6. The zero-order valence-electron chi connectivity index (χ0n) is 12.8. The maximum atomic E-state index is 13.7. The predicted octanol–water partition coefficient (Wildman–Crippen LogP) is 3.24. The molecular weight excluding hydrogens is 319 g/mol. The number of hydrogen-bond acceptors (Lipinski definition) is 3. The zero-order chi connectivity index (χ0) is 15.5. The minimum atomic E-state index is -0.365. The first-order valence-corrected chi connectivity index (χ1v) is 7.51. The van der Waals surface area contributed by atoms with E-state index in [1.807, 2.05) is 0 Å². The summed E-state index contributed by atoms with van der Waals surface area (Å²) in [6, 6.07) is 9.70. The van der Waals surface area contributed by atoms with E-state index in [0.29, 0.717) is 17.2 Å². The van der Waals surface area contributed by atoms with Crippen molar-refractivity contribution in [1.29, 1.82) is 0 Å². The number of amides is 1. The molecule has 0 aliphatic carbocycles. The van der Waals surface area contributed by atoms with Gasteiger partial charge in [0.05, 0.1) is 5.56 Å². The third-order valence-electron chi connectivity index (χ3n) is 4.07. The number of rotatable bonds is 3. The van der Waals surface area contributed by atoms with Gasteiger partial charge in [0.25, 0.3) is 5.91 Å². The summed E-state index contributed by atoms with van der Waals surface area (Å²) in [5, 5.41) is 6.29. The van der Waals surface area contributed by atoms with Gasteiger partial charge in [0.15, 0.2) is 5.76 Å². The standard InChI is InChI=1S/C17H19FN2O2.ClH/c1-11-10-19-9-8-14(11)20-17(21)16-7-6-15(22-16)12-4-2-3-5-13(12)18;/h2-7,11,14,19H,8-10H2,1H3,(H,20,21);1H. The van der Waals surface area contributed by atoms with Crippen molar-refractivity contribution in [3.8, 4) is 11.3 Å². The van der Waals surface area contributed by atoms with Crippen LogP contribution in [-0.2, 0) is 0 Å². The van der Waals surface area contributed by atoms with Crippen LogP contribution in [0.2, 0.25) is 0 Å². The molecular formula is C17H20ClFN2O2. The third kappa shape index (κ3) is 3.92. The van der Waals surface area contributed by atoms with Gasteiger partial charge in [-0.25, -0.2) is 4.39 Å². The maximum absolute atomic E-state index is 13.7. The van der Waals surface area contributed by atoms with Crippen LogP contribution < -0.4 is 10.6 Å². The van der Waals surface area contributed by atoms with Crippen LogP contribution in [0, 0.1) is 11.7 Å². The minimum absolute atomic E-state index is 0. The molecule has 6 heteroatoms. The van der Waals surface area contributed by atoms with Crippen molar-refractivity contribution in [1.82, 2.24) is 10.6 Å². The fourth-order valence-corrected chi connectivity index (χ4v) is 2.73. The van der Waals surface area contributed by atoms with Crippen LogP contribution in [0.4, 0.5) is 4.39 Å². The Balaban J connectivity index is 0.00000192. The lowest BCUT2D eigenvalue weighted by molar-refractivity contribution is 0.0886. The van der Waals surface area contributed by atoms with Crippen LogP contribution in [-0.4, -0.2) is 25.0 Å². The predicted molar refractivity (Wildman–Crippen MR) is 89.3 cm³/mol. The molecule has 2 aromatic rings. The zero-order valence-corrected chi connectivity index (χ0v) is 13.7. The van der Waals surface area contributed by atoms with E-state index in [9.17, 15) is 9.18 Å². The lowest BCUT2D eigenvalue weighted by Crippen LogP contribution is -2.48. The second-order valence-corrected chi connectivity index (χ2v) is 5.69. The monoisotopic (exact) mass is 338 g/mol. The van der Waals surface area contributed by atoms with E-state index in [0.717, 1.165) is 19.5 Å². The molecule has 2 N–H and O–H groups in total. The molecule has 1 saturated heterocycles. The maximum Gasteiger partial charge on any atom is 0.287 e. The summed E-state index contributed by atoms with van der Waals surface area (Å²) in [5.74, 6) is 0.335. The highest BCUT2D eigenvalue weighted by atomic mass is 35.5. The molecule has 1 aliphatic heterocycles. The topological polar surface area (TPSA) is 54.3 Å². The quantitative estimate of drug-likeness (QED) is 0.903. The smallest absolute Gasteiger partial charge is 0.287 e. The Bertz CT molecular complexity index is 674. The molecule has 2 heterocycles. The molecule has 3 rings (SSSR count). The summed E-state index contributed by atoms with van der Waals surface area (Å²) in [7, 11) is 0. The molecule has 1 amide bonds. The van der Waals surface area contributed by atoms with Gasteiger partial charge in [-0.15, -0.1) is 12.4 Å². The van der Waals surface area contributed by atoms with Crippen molar-refractivity contribution in [2.75, 3.05) is 13.1 Å². The third-order valence-corrected chi connectivity index (χ3v) is 4.07. The molecule has 1 aromatic heterocycles. The van der Waals surface area contributed by atoms with E-state index in [2.05, 4.69) is 17.6 Å². The van der Waals surface area contributed by atoms with Gasteiger partial charge in [-0.1, -0.05) is 19.1 Å². The Morgan fingerprint density at radius 3 is 2.83 bits per heavy atom. The number of hydrogen-bond donors (Lipinski definition) is 2. The van der Waals surface area contributed by atoms with E-state index < -0.39 is 0 Å². The molecule has 0 spiro atoms. The SMILES string of the molecule is CC1CNCCC1NC(=O)c1ccc(-c2ccccc2F)o1.Cl. The van der Waals surface area contributed by atoms with E-state index in [-0.39, 0.29) is 35.9 Å². The molecule has 1 aliphatic rings. The van der Waals surface area contributed by atoms with Crippen molar-refractivity contribution in [3.63, 3.8) is 0 Å². The van der Waals surface area contributed by atoms with Gasteiger partial charge >= 0.3 is 0 Å². The summed E-state index contributed by atoms with van der Waals surface area (Å²) in [6.07, 6.45) is 0.897. The first-order valence-electron chi connectivity index (χ1n) is 7.51. The summed E-state index contributed by atoms with van der Waals surface area (Å²) >= 11 is 0. The van der Waals surface area contributed by atoms with Gasteiger partial charge in [0, 0.05) is 6.04 Å². The van der Waals surface area contributed by atoms with E-state index in [4.69, 9.17) is 4.42 Å². The van der Waals surface area contributed by atoms with Gasteiger partial charge in [-0.2, -0.15) is 0 Å². The molecule has 0 radical (unpaired) electrons. The molecule has 0 saturated carbocycles. The highest BCUT2D eigenvalue weighted by molar-refractivity contribution is 5.92. The Labute approximate surface area is 140 Å².